The normalized spacial score (nSPS) is 18.2. The summed E-state index contributed by atoms with van der Waals surface area (Å²) in [4.78, 5) is 49.7. The number of piperidine rings is 1. The summed E-state index contributed by atoms with van der Waals surface area (Å²) in [5.74, 6) is -3.10. The van der Waals surface area contributed by atoms with Gasteiger partial charge in [-0.3, -0.25) is 9.59 Å². The summed E-state index contributed by atoms with van der Waals surface area (Å²) in [5, 5.41) is 10.1. The van der Waals surface area contributed by atoms with Gasteiger partial charge in [-0.2, -0.15) is 13.2 Å². The van der Waals surface area contributed by atoms with Gasteiger partial charge in [0, 0.05) is 19.0 Å². The van der Waals surface area contributed by atoms with Crippen molar-refractivity contribution >= 4 is 29.4 Å². The third-order valence-electron chi connectivity index (χ3n) is 7.31. The number of nitrogens with one attached hydrogen (secondary N) is 1. The van der Waals surface area contributed by atoms with E-state index in [4.69, 9.17) is 14.6 Å². The van der Waals surface area contributed by atoms with Crippen LogP contribution in [0, 0.1) is 6.92 Å². The zero-order valence-corrected chi connectivity index (χ0v) is 24.4. The number of esters is 1. The molecule has 42 heavy (non-hydrogen) atoms. The molecule has 1 aliphatic heterocycles. The number of aliphatic carboxylic acids is 1. The molecule has 1 heterocycles. The number of methoxy groups -OCH3 is 1. The number of para-hydroxylation sites is 1. The Hall–Kier alpha value is -3.93. The van der Waals surface area contributed by atoms with Crippen molar-refractivity contribution in [1.29, 1.82) is 0 Å². The van der Waals surface area contributed by atoms with Gasteiger partial charge in [0.25, 0.3) is 11.8 Å². The van der Waals surface area contributed by atoms with Crippen LogP contribution in [-0.2, 0) is 19.1 Å². The number of alkyl halides is 3. The van der Waals surface area contributed by atoms with E-state index in [-0.39, 0.29) is 30.8 Å². The van der Waals surface area contributed by atoms with E-state index in [1.54, 1.807) is 12.1 Å². The molecule has 1 fully saturated rings. The Morgan fingerprint density at radius 1 is 1.02 bits per heavy atom. The van der Waals surface area contributed by atoms with Gasteiger partial charge in [-0.15, -0.1) is 0 Å². The second kappa shape index (κ2) is 15.3. The van der Waals surface area contributed by atoms with E-state index >= 15 is 0 Å². The van der Waals surface area contributed by atoms with Gasteiger partial charge >= 0.3 is 18.1 Å². The maximum absolute atomic E-state index is 13.4. The van der Waals surface area contributed by atoms with Crippen LogP contribution in [0.5, 0.6) is 0 Å². The number of hydrogen-bond acceptors (Lipinski definition) is 5. The number of nitrogens with zero attached hydrogens (tertiary/aromatic N) is 2. The van der Waals surface area contributed by atoms with Crippen molar-refractivity contribution in [2.75, 3.05) is 51.7 Å². The number of aryl methyl sites for hydroxylation is 1. The number of hydrogen-bond donors (Lipinski definition) is 2. The number of benzene rings is 2. The molecule has 0 radical (unpaired) electrons. The third-order valence-corrected chi connectivity index (χ3v) is 7.31. The minimum absolute atomic E-state index is 0.0719. The van der Waals surface area contributed by atoms with Crippen LogP contribution in [0.2, 0.25) is 0 Å². The molecule has 3 rings (SSSR count). The van der Waals surface area contributed by atoms with Crippen molar-refractivity contribution in [3.05, 3.63) is 65.2 Å². The standard InChI is InChI=1S/C28H37N3O4.C2HF3O2/c1-5-30(6-2)26(33)20-31(17-11-15-23(18-31)22-13-8-7-9-14-22)19-25(32)29-27-21(3)12-10-16-24(27)28(34)35-4;3-2(4,5)1(6)7/h7-10,12-14,16,23H,5-6,11,15,17-20H2,1-4H3;(H,6,7)/p+1. The lowest BCUT2D eigenvalue weighted by Crippen LogP contribution is -2.60. The van der Waals surface area contributed by atoms with Crippen molar-refractivity contribution in [2.45, 2.75) is 45.7 Å². The van der Waals surface area contributed by atoms with Gasteiger partial charge < -0.3 is 24.5 Å². The highest BCUT2D eigenvalue weighted by Crippen LogP contribution is 2.32. The number of quaternary nitrogens is 1. The number of carboxylic acid groups (broad SMARTS) is 1. The Bertz CT molecular complexity index is 1230. The fourth-order valence-electron chi connectivity index (χ4n) is 5.22. The Morgan fingerprint density at radius 3 is 2.19 bits per heavy atom. The molecule has 2 aromatic rings. The number of amides is 2. The van der Waals surface area contributed by atoms with Gasteiger partial charge in [0.15, 0.2) is 13.1 Å². The third kappa shape index (κ3) is 9.57. The van der Waals surface area contributed by atoms with Crippen LogP contribution in [0.25, 0.3) is 0 Å². The summed E-state index contributed by atoms with van der Waals surface area (Å²) in [6.07, 6.45) is -3.11. The maximum Gasteiger partial charge on any atom is 0.490 e. The Kier molecular flexibility index (Phi) is 12.5. The first-order valence-corrected chi connectivity index (χ1v) is 13.7. The first-order chi connectivity index (χ1) is 19.8. The lowest BCUT2D eigenvalue weighted by molar-refractivity contribution is -0.919. The van der Waals surface area contributed by atoms with Crippen LogP contribution in [0.1, 0.15) is 54.1 Å². The van der Waals surface area contributed by atoms with Crippen molar-refractivity contribution < 1.29 is 46.7 Å². The molecular weight excluding hydrogens is 555 g/mol. The molecule has 2 amide bonds. The summed E-state index contributed by atoms with van der Waals surface area (Å²) in [7, 11) is 1.33. The quantitative estimate of drug-likeness (QED) is 0.324. The fraction of sp³-hybridized carbons (Fsp3) is 0.467. The van der Waals surface area contributed by atoms with E-state index < -0.39 is 18.1 Å². The number of likely N-dealkylation sites (N-methyl/N-ethyl adjacent to an activating group) is 1. The van der Waals surface area contributed by atoms with Gasteiger partial charge in [-0.25, -0.2) is 9.59 Å². The van der Waals surface area contributed by atoms with E-state index in [0.717, 1.165) is 31.5 Å². The summed E-state index contributed by atoms with van der Waals surface area (Å²) < 4.78 is 37.0. The Balaban J connectivity index is 0.000000782. The van der Waals surface area contributed by atoms with Gasteiger partial charge in [0.2, 0.25) is 0 Å². The highest BCUT2D eigenvalue weighted by molar-refractivity contribution is 6.02. The van der Waals surface area contributed by atoms with Crippen molar-refractivity contribution in [1.82, 2.24) is 4.90 Å². The number of carbonyl (C=O) groups is 4. The molecule has 1 aliphatic rings. The predicted molar refractivity (Wildman–Crippen MR) is 151 cm³/mol. The van der Waals surface area contributed by atoms with Crippen LogP contribution in [0.3, 0.4) is 0 Å². The van der Waals surface area contributed by atoms with Gasteiger partial charge in [-0.05, 0) is 50.8 Å². The van der Waals surface area contributed by atoms with Crippen molar-refractivity contribution in [2.24, 2.45) is 0 Å². The predicted octanol–water partition coefficient (Wildman–Crippen LogP) is 4.62. The van der Waals surface area contributed by atoms with Crippen LogP contribution >= 0.6 is 0 Å². The number of halogens is 3. The molecule has 2 aromatic carbocycles. The lowest BCUT2D eigenvalue weighted by Gasteiger charge is -2.44. The minimum Gasteiger partial charge on any atom is -0.475 e. The molecule has 0 aromatic heterocycles. The molecule has 2 atom stereocenters. The van der Waals surface area contributed by atoms with E-state index in [1.807, 2.05) is 49.9 Å². The SMILES string of the molecule is CCN(CC)C(=O)C[N+]1(CC(=O)Nc2c(C)cccc2C(=O)OC)CCCC(c2ccccc2)C1.O=C(O)C(F)(F)F. The summed E-state index contributed by atoms with van der Waals surface area (Å²) in [6, 6.07) is 15.6. The van der Waals surface area contributed by atoms with E-state index in [2.05, 4.69) is 17.4 Å². The van der Waals surface area contributed by atoms with Gasteiger partial charge in [0.1, 0.15) is 0 Å². The van der Waals surface area contributed by atoms with Gasteiger partial charge in [-0.1, -0.05) is 42.5 Å². The zero-order valence-electron chi connectivity index (χ0n) is 24.4. The minimum atomic E-state index is -5.08. The lowest BCUT2D eigenvalue weighted by atomic mass is 9.88. The molecule has 2 N–H and O–H groups in total. The second-order valence-corrected chi connectivity index (χ2v) is 10.2. The molecule has 0 aliphatic carbocycles. The molecule has 12 heteroatoms. The number of likely N-dealkylation sites (tertiary alicyclic amines) is 1. The Morgan fingerprint density at radius 2 is 1.64 bits per heavy atom. The Labute approximate surface area is 243 Å². The summed E-state index contributed by atoms with van der Waals surface area (Å²) in [5.41, 5.74) is 2.83. The average Bonchev–Trinajstić information content (AvgIpc) is 2.94. The number of carboxylic acids is 1. The summed E-state index contributed by atoms with van der Waals surface area (Å²) >= 11 is 0. The van der Waals surface area contributed by atoms with Crippen LogP contribution < -0.4 is 5.32 Å². The van der Waals surface area contributed by atoms with E-state index in [0.29, 0.717) is 28.8 Å². The zero-order chi connectivity index (χ0) is 31.5. The number of carbonyl (C=O) groups excluding carboxylic acids is 3. The summed E-state index contributed by atoms with van der Waals surface area (Å²) in [6.45, 7) is 9.06. The largest absolute Gasteiger partial charge is 0.490 e. The maximum atomic E-state index is 13.4. The second-order valence-electron chi connectivity index (χ2n) is 10.2. The molecule has 0 saturated carbocycles. The van der Waals surface area contributed by atoms with Crippen molar-refractivity contribution in [3.63, 3.8) is 0 Å². The molecule has 1 saturated heterocycles. The molecule has 2 unspecified atom stereocenters. The molecule has 0 bridgehead atoms. The molecule has 230 valence electrons. The average molecular weight is 595 g/mol. The van der Waals surface area contributed by atoms with Crippen LogP contribution in [0.15, 0.2) is 48.5 Å². The molecule has 9 nitrogen and oxygen atoms in total. The molecule has 0 spiro atoms. The number of anilines is 1. The monoisotopic (exact) mass is 594 g/mol. The van der Waals surface area contributed by atoms with Crippen LogP contribution in [0.4, 0.5) is 18.9 Å². The highest BCUT2D eigenvalue weighted by Gasteiger charge is 2.40. The van der Waals surface area contributed by atoms with Crippen LogP contribution in [-0.4, -0.2) is 90.8 Å². The topological polar surface area (TPSA) is 113 Å². The van der Waals surface area contributed by atoms with Gasteiger partial charge in [0.05, 0.1) is 31.5 Å². The number of rotatable bonds is 9. The van der Waals surface area contributed by atoms with Crippen molar-refractivity contribution in [3.8, 4) is 0 Å². The van der Waals surface area contributed by atoms with E-state index in [1.165, 1.54) is 12.7 Å². The molecular formula is C30H39F3N3O6+. The fourth-order valence-corrected chi connectivity index (χ4v) is 5.22. The van der Waals surface area contributed by atoms with E-state index in [9.17, 15) is 27.6 Å². The number of ether oxygens (including phenoxy) is 1. The smallest absolute Gasteiger partial charge is 0.475 e. The first kappa shape index (κ1) is 34.3. The highest BCUT2D eigenvalue weighted by atomic mass is 19.4. The first-order valence-electron chi connectivity index (χ1n) is 13.7.